The summed E-state index contributed by atoms with van der Waals surface area (Å²) in [7, 11) is 0. The second kappa shape index (κ2) is 10.6. The number of ether oxygens (including phenoxy) is 1. The van der Waals surface area contributed by atoms with E-state index in [2.05, 4.69) is 45.7 Å². The van der Waals surface area contributed by atoms with Gasteiger partial charge in [-0.1, -0.05) is 20.3 Å². The van der Waals surface area contributed by atoms with E-state index >= 15 is 0 Å². The zero-order chi connectivity index (χ0) is 10.8. The molecule has 0 aromatic heterocycles. The number of halogens is 2. The van der Waals surface area contributed by atoms with Crippen molar-refractivity contribution in [3.05, 3.63) is 0 Å². The predicted molar refractivity (Wildman–Crippen MR) is 64.8 cm³/mol. The molecule has 0 saturated heterocycles. The van der Waals surface area contributed by atoms with E-state index in [0.29, 0.717) is 20.0 Å². The summed E-state index contributed by atoms with van der Waals surface area (Å²) in [6.07, 6.45) is 4.53. The van der Waals surface area contributed by atoms with Crippen LogP contribution >= 0.6 is 26.9 Å². The minimum absolute atomic E-state index is 0.460. The second-order valence-electron chi connectivity index (χ2n) is 3.07. The normalized spacial score (nSPS) is 19.7. The van der Waals surface area contributed by atoms with E-state index in [9.17, 15) is 0 Å². The molecule has 0 aromatic carbocycles. The monoisotopic (exact) mass is 419 g/mol. The van der Waals surface area contributed by atoms with Crippen LogP contribution in [0.3, 0.4) is 0 Å². The molecular formula is C9H17Br2NOPd. The van der Waals surface area contributed by atoms with Crippen LogP contribution in [-0.2, 0) is 18.7 Å². The molecule has 1 heterocycles. The topological polar surface area (TPSA) is 21.6 Å². The van der Waals surface area contributed by atoms with Gasteiger partial charge in [0.25, 0.3) is 0 Å². The van der Waals surface area contributed by atoms with Crippen molar-refractivity contribution in [3.8, 4) is 0 Å². The molecule has 0 radical (unpaired) electrons. The first-order chi connectivity index (χ1) is 6.78. The third-order valence-corrected chi connectivity index (χ3v) is 1.85. The van der Waals surface area contributed by atoms with E-state index < -0.39 is 0 Å². The van der Waals surface area contributed by atoms with Crippen molar-refractivity contribution in [3.63, 3.8) is 0 Å². The molecule has 2 nitrogen and oxygen atoms in total. The molecule has 1 unspecified atom stereocenters. The van der Waals surface area contributed by atoms with Crippen molar-refractivity contribution in [1.29, 1.82) is 0 Å². The third-order valence-electron chi connectivity index (χ3n) is 1.85. The Morgan fingerprint density at radius 3 is 2.57 bits per heavy atom. The first kappa shape index (κ1) is 15.1. The maximum absolute atomic E-state index is 5.41. The van der Waals surface area contributed by atoms with Crippen LogP contribution in [0.2, 0.25) is 0 Å². The Morgan fingerprint density at radius 2 is 2.07 bits per heavy atom. The Labute approximate surface area is 108 Å². The van der Waals surface area contributed by atoms with E-state index in [1.165, 1.54) is 12.8 Å². The fourth-order valence-corrected chi connectivity index (χ4v) is 1.30. The van der Waals surface area contributed by atoms with Gasteiger partial charge in [0, 0.05) is 6.42 Å². The number of hydrogen-bond acceptors (Lipinski definition) is 2. The molecule has 14 heavy (non-hydrogen) atoms. The van der Waals surface area contributed by atoms with Crippen molar-refractivity contribution in [1.82, 2.24) is 0 Å². The molecule has 0 amide bonds. The maximum atomic E-state index is 5.41. The van der Waals surface area contributed by atoms with Gasteiger partial charge in [-0.25, -0.2) is 4.99 Å². The van der Waals surface area contributed by atoms with Gasteiger partial charge in [0.2, 0.25) is 0 Å². The zero-order valence-electron chi connectivity index (χ0n) is 8.54. The SMILES string of the molecule is CCCC1=NC(CCC)CO1.[Br][Pd][Br]. The van der Waals surface area contributed by atoms with Gasteiger partial charge in [0.15, 0.2) is 5.90 Å². The molecule has 1 aliphatic heterocycles. The molecule has 0 N–H and O–H groups in total. The minimum atomic E-state index is 0.460. The Hall–Kier alpha value is 1.09. The van der Waals surface area contributed by atoms with Gasteiger partial charge in [-0.15, -0.1) is 0 Å². The van der Waals surface area contributed by atoms with Gasteiger partial charge in [-0.05, 0) is 12.8 Å². The van der Waals surface area contributed by atoms with Gasteiger partial charge < -0.3 is 4.74 Å². The van der Waals surface area contributed by atoms with Gasteiger partial charge in [0.1, 0.15) is 6.61 Å². The summed E-state index contributed by atoms with van der Waals surface area (Å²) in [4.78, 5) is 4.46. The third kappa shape index (κ3) is 7.39. The molecule has 0 spiro atoms. The molecule has 0 bridgehead atoms. The Bertz CT molecular complexity index is 167. The average molecular weight is 421 g/mol. The summed E-state index contributed by atoms with van der Waals surface area (Å²) < 4.78 is 5.41. The summed E-state index contributed by atoms with van der Waals surface area (Å²) in [6, 6.07) is 0.460. The summed E-state index contributed by atoms with van der Waals surface area (Å²) in [6.45, 7) is 5.16. The van der Waals surface area contributed by atoms with E-state index in [1.807, 2.05) is 0 Å². The Kier molecular flexibility index (Phi) is 11.4. The van der Waals surface area contributed by atoms with Crippen molar-refractivity contribution in [2.75, 3.05) is 6.61 Å². The van der Waals surface area contributed by atoms with Crippen molar-refractivity contribution in [2.24, 2.45) is 4.99 Å². The van der Waals surface area contributed by atoms with Gasteiger partial charge >= 0.3 is 40.8 Å². The molecule has 1 atom stereocenters. The van der Waals surface area contributed by atoms with E-state index in [4.69, 9.17) is 4.74 Å². The number of nitrogens with zero attached hydrogens (tertiary/aromatic N) is 1. The van der Waals surface area contributed by atoms with Crippen LogP contribution in [-0.4, -0.2) is 18.5 Å². The van der Waals surface area contributed by atoms with Crippen molar-refractivity contribution >= 4 is 32.8 Å². The quantitative estimate of drug-likeness (QED) is 0.627. The average Bonchev–Trinajstić information content (AvgIpc) is 2.55. The van der Waals surface area contributed by atoms with Crippen LogP contribution in [0.1, 0.15) is 39.5 Å². The first-order valence-electron chi connectivity index (χ1n) is 4.80. The van der Waals surface area contributed by atoms with Crippen LogP contribution in [0.25, 0.3) is 0 Å². The summed E-state index contributed by atoms with van der Waals surface area (Å²) >= 11 is 6.80. The molecular weight excluding hydrogens is 404 g/mol. The van der Waals surface area contributed by atoms with E-state index in [1.54, 1.807) is 0 Å². The number of aliphatic imine (C=N–C) groups is 1. The molecule has 88 valence electrons. The fraction of sp³-hybridized carbons (Fsp3) is 0.889. The molecule has 0 fully saturated rings. The molecule has 1 aliphatic rings. The van der Waals surface area contributed by atoms with Crippen LogP contribution in [0.4, 0.5) is 0 Å². The molecule has 5 heteroatoms. The second-order valence-corrected chi connectivity index (χ2v) is 10.2. The van der Waals surface area contributed by atoms with Gasteiger partial charge in [0.05, 0.1) is 6.04 Å². The standard InChI is InChI=1S/C9H17NO.2BrH.Pd/c1-3-5-8-7-11-9(10-8)6-4-2;;;/h8H,3-7H2,1-2H3;2*1H;/q;;;+2/p-2. The van der Waals surface area contributed by atoms with Gasteiger partial charge in [-0.3, -0.25) is 0 Å². The van der Waals surface area contributed by atoms with Crippen LogP contribution in [0.5, 0.6) is 0 Å². The molecule has 0 aliphatic carbocycles. The first-order valence-corrected chi connectivity index (χ1v) is 11.9. The van der Waals surface area contributed by atoms with Crippen molar-refractivity contribution in [2.45, 2.75) is 45.6 Å². The molecule has 1 rings (SSSR count). The summed E-state index contributed by atoms with van der Waals surface area (Å²) in [5, 5.41) is 0. The number of rotatable bonds is 4. The van der Waals surface area contributed by atoms with E-state index in [0.717, 1.165) is 25.3 Å². The molecule has 0 aromatic rings. The predicted octanol–water partition coefficient (Wildman–Crippen LogP) is 4.07. The number of hydrogen-bond donors (Lipinski definition) is 0. The van der Waals surface area contributed by atoms with Gasteiger partial charge in [-0.2, -0.15) is 0 Å². The van der Waals surface area contributed by atoms with E-state index in [-0.39, 0.29) is 0 Å². The summed E-state index contributed by atoms with van der Waals surface area (Å²) in [5.74, 6) is 0.978. The zero-order valence-corrected chi connectivity index (χ0v) is 13.3. The van der Waals surface area contributed by atoms with Crippen LogP contribution < -0.4 is 0 Å². The fourth-order valence-electron chi connectivity index (χ4n) is 1.30. The van der Waals surface area contributed by atoms with Crippen LogP contribution in [0.15, 0.2) is 4.99 Å². The van der Waals surface area contributed by atoms with Crippen LogP contribution in [0, 0.1) is 0 Å². The Balaban J connectivity index is 0.000000500. The Morgan fingerprint density at radius 1 is 1.43 bits per heavy atom. The molecule has 0 saturated carbocycles. The van der Waals surface area contributed by atoms with Crippen molar-refractivity contribution < 1.29 is 18.7 Å². The summed E-state index contributed by atoms with van der Waals surface area (Å²) in [5.41, 5.74) is 0.